The molecule has 6 aromatic carbocycles. The first kappa shape index (κ1) is 76.6. The van der Waals surface area contributed by atoms with Gasteiger partial charge in [-0.1, -0.05) is 229 Å². The Balaban J connectivity index is 0.000000311. The van der Waals surface area contributed by atoms with Gasteiger partial charge in [0.1, 0.15) is 23.0 Å². The van der Waals surface area contributed by atoms with Crippen LogP contribution in [0.5, 0.6) is 23.0 Å². The molecule has 0 amide bonds. The van der Waals surface area contributed by atoms with E-state index in [0.29, 0.717) is 0 Å². The van der Waals surface area contributed by atoms with Crippen molar-refractivity contribution < 1.29 is 68.2 Å². The van der Waals surface area contributed by atoms with Crippen LogP contribution in [0.15, 0.2) is 143 Å². The number of hydrogen-bond acceptors (Lipinski definition) is 9. The van der Waals surface area contributed by atoms with Crippen LogP contribution in [0.3, 0.4) is 0 Å². The van der Waals surface area contributed by atoms with E-state index in [9.17, 15) is 39.6 Å². The number of rotatable bonds is 40. The lowest BCUT2D eigenvalue weighted by molar-refractivity contribution is -0.277. The summed E-state index contributed by atoms with van der Waals surface area (Å²) in [4.78, 5) is 11.5. The molecule has 0 unspecified atom stereocenters. The number of carboxylic acid groups (broad SMARTS) is 1. The van der Waals surface area contributed by atoms with Gasteiger partial charge in [0.2, 0.25) is 0 Å². The molecule has 2 N–H and O–H groups in total. The minimum atomic E-state index is -6.90. The number of hydrogen-bond donors (Lipinski definition) is 4. The summed E-state index contributed by atoms with van der Waals surface area (Å²) in [7, 11) is -6.90. The maximum Gasteiger partial charge on any atom is 0.438 e. The molecule has 6 rings (SSSR count). The van der Waals surface area contributed by atoms with E-state index in [4.69, 9.17) is 53.9 Å². The van der Waals surface area contributed by atoms with Gasteiger partial charge < -0.3 is 24.1 Å². The summed E-state index contributed by atoms with van der Waals surface area (Å²) in [6.45, 7) is 12.2. The van der Waals surface area contributed by atoms with Crippen molar-refractivity contribution in [1.29, 1.82) is 0 Å². The molecule has 0 saturated heterocycles. The minimum absolute atomic E-state index is 0.785. The number of carbonyl (C=O) groups is 1. The maximum absolute atomic E-state index is 12.3. The molecule has 0 fully saturated rings. The van der Waals surface area contributed by atoms with Gasteiger partial charge in [0, 0.05) is 20.9 Å². The van der Waals surface area contributed by atoms with Gasteiger partial charge in [-0.25, -0.2) is 4.79 Å². The molecule has 496 valence electrons. The van der Waals surface area contributed by atoms with Gasteiger partial charge in [-0.3, -0.25) is 4.55 Å². The van der Waals surface area contributed by atoms with Gasteiger partial charge in [-0.15, -0.1) is 25.3 Å². The van der Waals surface area contributed by atoms with Gasteiger partial charge >= 0.3 is 33.2 Å². The molecule has 0 bridgehead atoms. The summed E-state index contributed by atoms with van der Waals surface area (Å²) in [5.74, 6) is -13.1. The van der Waals surface area contributed by atoms with Crippen LogP contribution in [-0.2, 0) is 14.9 Å². The van der Waals surface area contributed by atoms with E-state index in [1.54, 1.807) is 0 Å². The quantitative estimate of drug-likeness (QED) is 0.0129. The number of halogens is 6. The van der Waals surface area contributed by atoms with E-state index in [1.165, 1.54) is 151 Å². The predicted octanol–water partition coefficient (Wildman–Crippen LogP) is 22.4. The van der Waals surface area contributed by atoms with Crippen molar-refractivity contribution in [2.24, 2.45) is 0 Å². The Bertz CT molecular complexity index is 2910. The average Bonchev–Trinajstić information content (AvgIpc) is 1.67. The summed E-state index contributed by atoms with van der Waals surface area (Å²) in [5.41, 5.74) is 9.28. The van der Waals surface area contributed by atoms with Crippen LogP contribution in [0.25, 0.3) is 44.5 Å². The second-order valence-electron chi connectivity index (χ2n) is 22.4. The Morgan fingerprint density at radius 1 is 0.389 bits per heavy atom. The highest BCUT2D eigenvalue weighted by Crippen LogP contribution is 2.48. The zero-order valence-corrected chi connectivity index (χ0v) is 55.4. The molecular weight excluding hydrogens is 1220 g/mol. The fourth-order valence-electron chi connectivity index (χ4n) is 9.83. The number of alkyl halides is 6. The first-order valence-electron chi connectivity index (χ1n) is 32.1. The zero-order valence-electron chi connectivity index (χ0n) is 52.8. The van der Waals surface area contributed by atoms with Crippen LogP contribution in [0.4, 0.5) is 26.3 Å². The molecule has 0 spiro atoms. The summed E-state index contributed by atoms with van der Waals surface area (Å²) in [6.07, 6.45) is 30.6. The van der Waals surface area contributed by atoms with Crippen LogP contribution in [0.2, 0.25) is 0 Å². The van der Waals surface area contributed by atoms with Crippen molar-refractivity contribution in [2.45, 2.75) is 209 Å². The number of unbranched alkanes of at least 4 members (excludes halogenated alkanes) is 20. The van der Waals surface area contributed by atoms with Crippen molar-refractivity contribution in [3.8, 4) is 67.5 Å². The molecule has 6 aromatic rings. The van der Waals surface area contributed by atoms with E-state index >= 15 is 0 Å². The third-order valence-corrected chi connectivity index (χ3v) is 16.8. The van der Waals surface area contributed by atoms with Gasteiger partial charge in [0.15, 0.2) is 0 Å². The molecule has 0 radical (unpaired) electrons. The number of benzene rings is 6. The summed E-state index contributed by atoms with van der Waals surface area (Å²) >= 11 is 9.62. The van der Waals surface area contributed by atoms with E-state index in [2.05, 4.69) is 161 Å². The minimum Gasteiger partial charge on any atom is -0.494 e. The Labute approximate surface area is 542 Å². The molecule has 0 atom stereocenters. The molecule has 9 nitrogen and oxygen atoms in total. The molecule has 0 aliphatic heterocycles. The third-order valence-electron chi connectivity index (χ3n) is 15.1. The van der Waals surface area contributed by atoms with Crippen molar-refractivity contribution in [3.05, 3.63) is 133 Å². The first-order valence-corrected chi connectivity index (χ1v) is 34.4. The molecule has 90 heavy (non-hydrogen) atoms. The smallest absolute Gasteiger partial charge is 0.438 e. The lowest BCUT2D eigenvalue weighted by atomic mass is 9.94. The molecule has 0 aliphatic rings. The monoisotopic (exact) mass is 1310 g/mol. The van der Waals surface area contributed by atoms with Crippen LogP contribution in [0.1, 0.15) is 182 Å². The van der Waals surface area contributed by atoms with Crippen LogP contribution < -0.4 is 18.9 Å². The average molecular weight is 1310 g/mol. The predicted molar refractivity (Wildman–Crippen MR) is 359 cm³/mol. The lowest BCUT2D eigenvalue weighted by Crippen LogP contribution is -2.60. The Morgan fingerprint density at radius 3 is 0.878 bits per heavy atom. The van der Waals surface area contributed by atoms with Crippen molar-refractivity contribution in [1.82, 2.24) is 0 Å². The van der Waals surface area contributed by atoms with Crippen LogP contribution in [-0.4, -0.2) is 67.6 Å². The molecule has 0 aliphatic carbocycles. The van der Waals surface area contributed by atoms with Crippen LogP contribution in [0, 0.1) is 0 Å². The summed E-state index contributed by atoms with van der Waals surface area (Å²) in [5, 5.41) is 0.929. The normalized spacial score (nSPS) is 11.7. The third kappa shape index (κ3) is 25.0. The Hall–Kier alpha value is -5.82. The second-order valence-corrected chi connectivity index (χ2v) is 24.8. The van der Waals surface area contributed by atoms with Gasteiger partial charge in [-0.2, -0.15) is 34.8 Å². The lowest BCUT2D eigenvalue weighted by Gasteiger charge is -2.27. The summed E-state index contributed by atoms with van der Waals surface area (Å²) in [6, 6.07) is 46.5. The fourth-order valence-corrected chi connectivity index (χ4v) is 11.0. The van der Waals surface area contributed by atoms with Crippen molar-refractivity contribution in [2.75, 3.05) is 26.4 Å². The van der Waals surface area contributed by atoms with Gasteiger partial charge in [-0.05, 0) is 120 Å². The Kier molecular flexibility index (Phi) is 34.8. The second kappa shape index (κ2) is 40.9. The highest BCUT2D eigenvalue weighted by molar-refractivity contribution is 7.87. The van der Waals surface area contributed by atoms with Crippen molar-refractivity contribution >= 4 is 41.3 Å². The largest absolute Gasteiger partial charge is 0.494 e. The number of ether oxygens (including phenoxy) is 4. The van der Waals surface area contributed by atoms with Crippen molar-refractivity contribution in [3.63, 3.8) is 0 Å². The SMILES string of the molecule is CCCCCCCCOc1ccc(-c2cccc(S)c2-c2ccc(OCCCCCCCC)cc2)cc1.CCCCCCCCOc1ccc(-c2cccc(S)c2-c2ccc(OCCCCCCCC)cc2)cc1.O=C(O)C(F)(F)C(F)(F)C(F)(F)S(=O)(=O)O. The van der Waals surface area contributed by atoms with Gasteiger partial charge in [0.05, 0.1) is 26.4 Å². The number of aliphatic carboxylic acids is 1. The van der Waals surface area contributed by atoms with E-state index in [-0.39, 0.29) is 0 Å². The van der Waals surface area contributed by atoms with Gasteiger partial charge in [0.25, 0.3) is 0 Å². The number of carboxylic acids is 1. The molecule has 0 heterocycles. The highest BCUT2D eigenvalue weighted by Gasteiger charge is 2.80. The fraction of sp³-hybridized carbons (Fsp3) is 0.486. The topological polar surface area (TPSA) is 129 Å². The number of thiol groups is 2. The first-order chi connectivity index (χ1) is 43.1. The molecular formula is C72H94F6O9S3. The zero-order chi connectivity index (χ0) is 65.8. The van der Waals surface area contributed by atoms with Crippen LogP contribution >= 0.6 is 25.3 Å². The Morgan fingerprint density at radius 2 is 0.633 bits per heavy atom. The standard InChI is InChI=1S/2C34H46O2S.C4H2F6O5S/c2*1-3-5-7-9-11-13-26-35-30-22-18-28(19-23-30)32-16-15-17-33(37)34(32)29-20-24-31(25-21-29)36-27-14-12-10-8-6-4-2;5-2(6,1(11)12)3(7,8)4(9,10)16(13,14)15/h2*15-25,37H,3-14,26-27H2,1-2H3;(H,11,12)(H,13,14,15). The highest BCUT2D eigenvalue weighted by atomic mass is 32.2. The molecule has 0 aromatic heterocycles. The van der Waals surface area contributed by atoms with E-state index in [0.717, 1.165) is 107 Å². The summed E-state index contributed by atoms with van der Waals surface area (Å²) < 4.78 is 125. The molecule has 18 heteroatoms. The molecule has 0 saturated carbocycles. The maximum atomic E-state index is 12.3. The van der Waals surface area contributed by atoms with E-state index < -0.39 is 33.2 Å². The van der Waals surface area contributed by atoms with E-state index in [1.807, 2.05) is 0 Å².